The van der Waals surface area contributed by atoms with E-state index in [9.17, 15) is 8.42 Å². The molecule has 0 amide bonds. The van der Waals surface area contributed by atoms with Gasteiger partial charge in [-0.15, -0.1) is 0 Å². The SMILES string of the molecule is Cc1c(/C=N\NS(=O)(=O)c2ccc3ccccc3c2)c2ccccc2n1C. The Morgan fingerprint density at radius 2 is 1.67 bits per heavy atom. The molecule has 0 fully saturated rings. The first kappa shape index (κ1) is 17.3. The van der Waals surface area contributed by atoms with Crippen molar-refractivity contribution >= 4 is 37.9 Å². The van der Waals surface area contributed by atoms with E-state index in [2.05, 4.69) is 14.5 Å². The molecule has 1 N–H and O–H groups in total. The summed E-state index contributed by atoms with van der Waals surface area (Å²) in [5.74, 6) is 0. The van der Waals surface area contributed by atoms with Gasteiger partial charge < -0.3 is 4.57 Å². The van der Waals surface area contributed by atoms with Crippen LogP contribution in [0.1, 0.15) is 11.3 Å². The number of benzene rings is 3. The van der Waals surface area contributed by atoms with Crippen molar-refractivity contribution in [2.45, 2.75) is 11.8 Å². The molecule has 0 aliphatic rings. The van der Waals surface area contributed by atoms with Gasteiger partial charge in [-0.25, -0.2) is 4.83 Å². The number of sulfonamides is 1. The van der Waals surface area contributed by atoms with Crippen LogP contribution < -0.4 is 4.83 Å². The van der Waals surface area contributed by atoms with Crippen molar-refractivity contribution in [3.05, 3.63) is 78.0 Å². The molecule has 5 nitrogen and oxygen atoms in total. The van der Waals surface area contributed by atoms with Gasteiger partial charge in [0.25, 0.3) is 10.0 Å². The summed E-state index contributed by atoms with van der Waals surface area (Å²) >= 11 is 0. The van der Waals surface area contributed by atoms with Gasteiger partial charge in [0.15, 0.2) is 0 Å². The van der Waals surface area contributed by atoms with Crippen molar-refractivity contribution in [2.75, 3.05) is 0 Å². The Bertz CT molecular complexity index is 1290. The van der Waals surface area contributed by atoms with E-state index >= 15 is 0 Å². The van der Waals surface area contributed by atoms with Gasteiger partial charge in [-0.1, -0.05) is 48.5 Å². The molecule has 3 aromatic carbocycles. The first-order chi connectivity index (χ1) is 13.0. The average molecular weight is 377 g/mol. The molecule has 0 atom stereocenters. The number of nitrogens with one attached hydrogen (secondary N) is 1. The molecule has 0 aliphatic carbocycles. The van der Waals surface area contributed by atoms with Crippen molar-refractivity contribution in [3.8, 4) is 0 Å². The Morgan fingerprint density at radius 3 is 2.48 bits per heavy atom. The third kappa shape index (κ3) is 3.08. The maximum Gasteiger partial charge on any atom is 0.276 e. The minimum Gasteiger partial charge on any atom is -0.347 e. The van der Waals surface area contributed by atoms with Crippen LogP contribution in [0.5, 0.6) is 0 Å². The van der Waals surface area contributed by atoms with Crippen LogP contribution in [-0.2, 0) is 17.1 Å². The van der Waals surface area contributed by atoms with Gasteiger partial charge in [0.2, 0.25) is 0 Å². The van der Waals surface area contributed by atoms with Crippen LogP contribution >= 0.6 is 0 Å². The van der Waals surface area contributed by atoms with Gasteiger partial charge in [-0.3, -0.25) is 0 Å². The molecular weight excluding hydrogens is 358 g/mol. The smallest absolute Gasteiger partial charge is 0.276 e. The van der Waals surface area contributed by atoms with Crippen LogP contribution in [0.25, 0.3) is 21.7 Å². The number of fused-ring (bicyclic) bond motifs is 2. The largest absolute Gasteiger partial charge is 0.347 e. The number of nitrogens with zero attached hydrogens (tertiary/aromatic N) is 2. The Balaban J connectivity index is 1.65. The van der Waals surface area contributed by atoms with E-state index < -0.39 is 10.0 Å². The van der Waals surface area contributed by atoms with Gasteiger partial charge in [0.05, 0.1) is 11.1 Å². The fourth-order valence-corrected chi connectivity index (χ4v) is 4.09. The number of aryl methyl sites for hydroxylation is 1. The number of hydrogen-bond donors (Lipinski definition) is 1. The number of aromatic nitrogens is 1. The molecule has 27 heavy (non-hydrogen) atoms. The van der Waals surface area contributed by atoms with Crippen molar-refractivity contribution in [1.29, 1.82) is 0 Å². The third-order valence-corrected chi connectivity index (χ3v) is 6.07. The molecule has 4 rings (SSSR count). The quantitative estimate of drug-likeness (QED) is 0.432. The summed E-state index contributed by atoms with van der Waals surface area (Å²) in [7, 11) is -1.76. The summed E-state index contributed by atoms with van der Waals surface area (Å²) in [4.78, 5) is 2.51. The monoisotopic (exact) mass is 377 g/mol. The lowest BCUT2D eigenvalue weighted by Gasteiger charge is -2.05. The second-order valence-electron chi connectivity index (χ2n) is 6.44. The molecule has 1 heterocycles. The minimum absolute atomic E-state index is 0.188. The summed E-state index contributed by atoms with van der Waals surface area (Å²) < 4.78 is 27.2. The van der Waals surface area contributed by atoms with Crippen molar-refractivity contribution < 1.29 is 8.42 Å². The zero-order valence-corrected chi connectivity index (χ0v) is 15.9. The van der Waals surface area contributed by atoms with Crippen molar-refractivity contribution in [3.63, 3.8) is 0 Å². The lowest BCUT2D eigenvalue weighted by atomic mass is 10.1. The molecule has 1 aromatic heterocycles. The Labute approximate surface area is 158 Å². The highest BCUT2D eigenvalue weighted by Crippen LogP contribution is 2.23. The van der Waals surface area contributed by atoms with Crippen LogP contribution in [0.2, 0.25) is 0 Å². The van der Waals surface area contributed by atoms with Gasteiger partial charge in [0.1, 0.15) is 0 Å². The standard InChI is InChI=1S/C21H19N3O2S/c1-15-20(19-9-5-6-10-21(19)24(15)2)14-22-23-27(25,26)18-12-11-16-7-3-4-8-17(16)13-18/h3-14,23H,1-2H3/b22-14-. The summed E-state index contributed by atoms with van der Waals surface area (Å²) in [6, 6.07) is 20.6. The van der Waals surface area contributed by atoms with Gasteiger partial charge in [0, 0.05) is 29.2 Å². The number of para-hydroxylation sites is 1. The summed E-state index contributed by atoms with van der Waals surface area (Å²) in [5.41, 5.74) is 2.99. The van der Waals surface area contributed by atoms with Crippen molar-refractivity contribution in [2.24, 2.45) is 12.1 Å². The highest BCUT2D eigenvalue weighted by atomic mass is 32.2. The van der Waals surface area contributed by atoms with Crippen LogP contribution in [0.15, 0.2) is 76.7 Å². The molecule has 0 unspecified atom stereocenters. The number of rotatable bonds is 4. The predicted molar refractivity (Wildman–Crippen MR) is 110 cm³/mol. The zero-order valence-electron chi connectivity index (χ0n) is 15.0. The second-order valence-corrected chi connectivity index (χ2v) is 8.10. The van der Waals surface area contributed by atoms with E-state index in [1.54, 1.807) is 24.4 Å². The van der Waals surface area contributed by atoms with Crippen molar-refractivity contribution in [1.82, 2.24) is 9.40 Å². The molecule has 4 aromatic rings. The minimum atomic E-state index is -3.74. The average Bonchev–Trinajstić information content (AvgIpc) is 2.92. The maximum atomic E-state index is 12.6. The Kier molecular flexibility index (Phi) is 4.20. The highest BCUT2D eigenvalue weighted by molar-refractivity contribution is 7.89. The Hall–Kier alpha value is -3.12. The first-order valence-electron chi connectivity index (χ1n) is 8.55. The molecule has 0 radical (unpaired) electrons. The molecular formula is C21H19N3O2S. The summed E-state index contributed by atoms with van der Waals surface area (Å²) in [6.45, 7) is 1.99. The maximum absolute atomic E-state index is 12.6. The topological polar surface area (TPSA) is 63.5 Å². The van der Waals surface area contributed by atoms with Gasteiger partial charge in [-0.05, 0) is 35.9 Å². The summed E-state index contributed by atoms with van der Waals surface area (Å²) in [5, 5.41) is 6.91. The predicted octanol–water partition coefficient (Wildman–Crippen LogP) is 3.95. The fraction of sp³-hybridized carbons (Fsp3) is 0.0952. The van der Waals surface area contributed by atoms with E-state index in [1.807, 2.05) is 62.5 Å². The first-order valence-corrected chi connectivity index (χ1v) is 10.0. The number of hydrogen-bond acceptors (Lipinski definition) is 3. The van der Waals surface area contributed by atoms with E-state index in [-0.39, 0.29) is 4.90 Å². The second kappa shape index (κ2) is 6.55. The molecule has 136 valence electrons. The van der Waals surface area contributed by atoms with Crippen LogP contribution in [0.3, 0.4) is 0 Å². The highest BCUT2D eigenvalue weighted by Gasteiger charge is 2.14. The van der Waals surface area contributed by atoms with E-state index in [1.165, 1.54) is 0 Å². The van der Waals surface area contributed by atoms with Gasteiger partial charge in [-0.2, -0.15) is 13.5 Å². The molecule has 6 heteroatoms. The molecule has 0 saturated carbocycles. The fourth-order valence-electron chi connectivity index (χ4n) is 3.26. The van der Waals surface area contributed by atoms with Gasteiger partial charge >= 0.3 is 0 Å². The van der Waals surface area contributed by atoms with E-state index in [4.69, 9.17) is 0 Å². The molecule has 0 aliphatic heterocycles. The molecule has 0 spiro atoms. The lowest BCUT2D eigenvalue weighted by molar-refractivity contribution is 0.585. The normalized spacial score (nSPS) is 12.2. The van der Waals surface area contributed by atoms with Crippen LogP contribution in [0, 0.1) is 6.92 Å². The number of hydrazone groups is 1. The van der Waals surface area contributed by atoms with E-state index in [0.717, 1.165) is 32.9 Å². The molecule has 0 saturated heterocycles. The molecule has 0 bridgehead atoms. The Morgan fingerprint density at radius 1 is 0.963 bits per heavy atom. The zero-order chi connectivity index (χ0) is 19.0. The lowest BCUT2D eigenvalue weighted by Crippen LogP contribution is -2.18. The third-order valence-electron chi connectivity index (χ3n) is 4.85. The van der Waals surface area contributed by atoms with E-state index in [0.29, 0.717) is 0 Å². The van der Waals surface area contributed by atoms with Crippen LogP contribution in [-0.4, -0.2) is 19.2 Å². The van der Waals surface area contributed by atoms with Crippen LogP contribution in [0.4, 0.5) is 0 Å². The summed E-state index contributed by atoms with van der Waals surface area (Å²) in [6.07, 6.45) is 1.57.